The zero-order valence-electron chi connectivity index (χ0n) is 23.8. The van der Waals surface area contributed by atoms with Gasteiger partial charge in [0.15, 0.2) is 0 Å². The highest BCUT2D eigenvalue weighted by molar-refractivity contribution is 6.01. The van der Waals surface area contributed by atoms with Crippen LogP contribution in [0.1, 0.15) is 35.4 Å². The number of rotatable bonds is 9. The van der Waals surface area contributed by atoms with Crippen LogP contribution >= 0.6 is 0 Å². The molecule has 3 aromatic carbocycles. The van der Waals surface area contributed by atoms with Crippen molar-refractivity contribution in [2.75, 3.05) is 43.9 Å². The van der Waals surface area contributed by atoms with Gasteiger partial charge in [0.1, 0.15) is 5.75 Å². The largest absolute Gasteiger partial charge is 0.495 e. The number of aliphatic carboxylic acids is 1. The molecule has 0 saturated carbocycles. The van der Waals surface area contributed by atoms with Crippen LogP contribution in [0.25, 0.3) is 0 Å². The molecule has 220 valence electrons. The van der Waals surface area contributed by atoms with Gasteiger partial charge in [0.05, 0.1) is 31.6 Å². The van der Waals surface area contributed by atoms with E-state index in [-0.39, 0.29) is 24.7 Å². The lowest BCUT2D eigenvalue weighted by atomic mass is 9.94. The van der Waals surface area contributed by atoms with Crippen LogP contribution in [0.3, 0.4) is 0 Å². The SMILES string of the molecule is COc1cc(CC(=O)N2CCCN(C(=O)C(CC(=O)O)c3ccccc3)CC2)ccc1NC(=O)Nc1ccccc1C. The average molecular weight is 573 g/mol. The summed E-state index contributed by atoms with van der Waals surface area (Å²) in [4.78, 5) is 54.0. The van der Waals surface area contributed by atoms with E-state index < -0.39 is 17.9 Å². The normalized spacial score (nSPS) is 14.0. The number of nitrogens with zero attached hydrogens (tertiary/aromatic N) is 2. The molecule has 0 bridgehead atoms. The maximum Gasteiger partial charge on any atom is 0.323 e. The molecule has 4 rings (SSSR count). The number of benzene rings is 3. The predicted molar refractivity (Wildman–Crippen MR) is 160 cm³/mol. The molecule has 0 aromatic heterocycles. The zero-order valence-corrected chi connectivity index (χ0v) is 23.8. The highest BCUT2D eigenvalue weighted by Crippen LogP contribution is 2.27. The minimum Gasteiger partial charge on any atom is -0.495 e. The van der Waals surface area contributed by atoms with Gasteiger partial charge in [0.2, 0.25) is 11.8 Å². The summed E-state index contributed by atoms with van der Waals surface area (Å²) in [7, 11) is 1.50. The Hall–Kier alpha value is -4.86. The number of hydrogen-bond donors (Lipinski definition) is 3. The second kappa shape index (κ2) is 14.2. The summed E-state index contributed by atoms with van der Waals surface area (Å²) in [5.74, 6) is -1.71. The fourth-order valence-electron chi connectivity index (χ4n) is 5.04. The molecular formula is C32H36N4O6. The van der Waals surface area contributed by atoms with E-state index in [0.717, 1.165) is 11.1 Å². The second-order valence-corrected chi connectivity index (χ2v) is 10.2. The molecule has 1 saturated heterocycles. The van der Waals surface area contributed by atoms with Crippen molar-refractivity contribution in [3.05, 3.63) is 89.5 Å². The molecule has 1 unspecified atom stereocenters. The van der Waals surface area contributed by atoms with Crippen molar-refractivity contribution in [3.63, 3.8) is 0 Å². The highest BCUT2D eigenvalue weighted by atomic mass is 16.5. The first-order valence-electron chi connectivity index (χ1n) is 13.9. The van der Waals surface area contributed by atoms with E-state index in [4.69, 9.17) is 4.74 Å². The van der Waals surface area contributed by atoms with Crippen LogP contribution < -0.4 is 15.4 Å². The number of para-hydroxylation sites is 1. The summed E-state index contributed by atoms with van der Waals surface area (Å²) >= 11 is 0. The second-order valence-electron chi connectivity index (χ2n) is 10.2. The monoisotopic (exact) mass is 572 g/mol. The van der Waals surface area contributed by atoms with E-state index in [1.807, 2.05) is 37.3 Å². The van der Waals surface area contributed by atoms with Crippen LogP contribution in [0.5, 0.6) is 5.75 Å². The van der Waals surface area contributed by atoms with Crippen LogP contribution in [0.4, 0.5) is 16.2 Å². The summed E-state index contributed by atoms with van der Waals surface area (Å²) < 4.78 is 5.48. The van der Waals surface area contributed by atoms with E-state index in [1.54, 1.807) is 52.3 Å². The number of ether oxygens (including phenoxy) is 1. The van der Waals surface area contributed by atoms with Crippen LogP contribution in [-0.4, -0.2) is 72.0 Å². The number of hydrogen-bond acceptors (Lipinski definition) is 5. The summed E-state index contributed by atoms with van der Waals surface area (Å²) in [6.07, 6.45) is 0.433. The molecule has 0 radical (unpaired) electrons. The van der Waals surface area contributed by atoms with Crippen LogP contribution in [0.15, 0.2) is 72.8 Å². The Morgan fingerprint density at radius 3 is 2.24 bits per heavy atom. The number of carbonyl (C=O) groups is 4. The lowest BCUT2D eigenvalue weighted by Gasteiger charge is -2.26. The summed E-state index contributed by atoms with van der Waals surface area (Å²) in [5, 5.41) is 15.0. The Labute approximate surface area is 245 Å². The minimum atomic E-state index is -1.03. The molecule has 1 atom stereocenters. The molecule has 10 nitrogen and oxygen atoms in total. The highest BCUT2D eigenvalue weighted by Gasteiger charge is 2.30. The van der Waals surface area contributed by atoms with Crippen LogP contribution in [0, 0.1) is 6.92 Å². The summed E-state index contributed by atoms with van der Waals surface area (Å²) in [5.41, 5.74) is 3.50. The summed E-state index contributed by atoms with van der Waals surface area (Å²) in [6.45, 7) is 3.53. The van der Waals surface area contributed by atoms with E-state index in [9.17, 15) is 24.3 Å². The van der Waals surface area contributed by atoms with E-state index in [2.05, 4.69) is 10.6 Å². The fraction of sp³-hybridized carbons (Fsp3) is 0.312. The Morgan fingerprint density at radius 2 is 1.52 bits per heavy atom. The van der Waals surface area contributed by atoms with Gasteiger partial charge in [0, 0.05) is 31.9 Å². The van der Waals surface area contributed by atoms with Gasteiger partial charge in [-0.25, -0.2) is 4.79 Å². The standard InChI is InChI=1S/C32H36N4O6/c1-22-9-6-7-12-26(22)33-32(41)34-27-14-13-23(19-28(27)42-2)20-29(37)35-15-8-16-36(18-17-35)31(40)25(21-30(38)39)24-10-4-3-5-11-24/h3-7,9-14,19,25H,8,15-18,20-21H2,1-2H3,(H,38,39)(H2,33,34,41). The molecule has 1 fully saturated rings. The van der Waals surface area contributed by atoms with Gasteiger partial charge >= 0.3 is 12.0 Å². The maximum absolute atomic E-state index is 13.4. The smallest absolute Gasteiger partial charge is 0.323 e. The Balaban J connectivity index is 1.36. The maximum atomic E-state index is 13.4. The van der Waals surface area contributed by atoms with Crippen molar-refractivity contribution in [2.24, 2.45) is 0 Å². The number of aryl methyl sites for hydroxylation is 1. The quantitative estimate of drug-likeness (QED) is 0.346. The molecular weight excluding hydrogens is 536 g/mol. The van der Waals surface area contributed by atoms with E-state index >= 15 is 0 Å². The van der Waals surface area contributed by atoms with Gasteiger partial charge in [-0.15, -0.1) is 0 Å². The van der Waals surface area contributed by atoms with Crippen LogP contribution in [-0.2, 0) is 20.8 Å². The first-order chi connectivity index (χ1) is 20.2. The lowest BCUT2D eigenvalue weighted by Crippen LogP contribution is -2.40. The predicted octanol–water partition coefficient (Wildman–Crippen LogP) is 4.51. The van der Waals surface area contributed by atoms with Gasteiger partial charge in [-0.2, -0.15) is 0 Å². The number of amides is 4. The summed E-state index contributed by atoms with van der Waals surface area (Å²) in [6, 6.07) is 21.2. The van der Waals surface area contributed by atoms with Crippen LogP contribution in [0.2, 0.25) is 0 Å². The van der Waals surface area contributed by atoms with Crippen molar-refractivity contribution < 1.29 is 29.0 Å². The third-order valence-corrected chi connectivity index (χ3v) is 7.30. The topological polar surface area (TPSA) is 128 Å². The number of carboxylic acids is 1. The van der Waals surface area contributed by atoms with Gasteiger partial charge in [0.25, 0.3) is 0 Å². The molecule has 3 N–H and O–H groups in total. The van der Waals surface area contributed by atoms with E-state index in [1.165, 1.54) is 7.11 Å². The molecule has 10 heteroatoms. The molecule has 0 spiro atoms. The fourth-order valence-corrected chi connectivity index (χ4v) is 5.04. The van der Waals surface area contributed by atoms with Gasteiger partial charge in [-0.3, -0.25) is 14.4 Å². The molecule has 3 aromatic rings. The lowest BCUT2D eigenvalue weighted by molar-refractivity contribution is -0.142. The molecule has 1 aliphatic heterocycles. The van der Waals surface area contributed by atoms with Gasteiger partial charge in [-0.05, 0) is 48.2 Å². The van der Waals surface area contributed by atoms with Crippen molar-refractivity contribution in [3.8, 4) is 5.75 Å². The number of methoxy groups -OCH3 is 1. The third kappa shape index (κ3) is 7.87. The van der Waals surface area contributed by atoms with Gasteiger partial charge in [-0.1, -0.05) is 54.6 Å². The molecule has 0 aliphatic carbocycles. The molecule has 1 aliphatic rings. The Bertz CT molecular complexity index is 1430. The Kier molecular flexibility index (Phi) is 10.1. The van der Waals surface area contributed by atoms with Crippen molar-refractivity contribution >= 4 is 35.2 Å². The number of carbonyl (C=O) groups excluding carboxylic acids is 3. The zero-order chi connectivity index (χ0) is 30.1. The van der Waals surface area contributed by atoms with Crippen molar-refractivity contribution in [1.29, 1.82) is 0 Å². The first kappa shape index (κ1) is 30.1. The van der Waals surface area contributed by atoms with Crippen molar-refractivity contribution in [2.45, 2.75) is 32.1 Å². The number of urea groups is 1. The first-order valence-corrected chi connectivity index (χ1v) is 13.9. The van der Waals surface area contributed by atoms with Crippen molar-refractivity contribution in [1.82, 2.24) is 9.80 Å². The molecule has 4 amide bonds. The number of anilines is 2. The number of carboxylic acid groups (broad SMARTS) is 1. The Morgan fingerprint density at radius 1 is 0.857 bits per heavy atom. The molecule has 1 heterocycles. The third-order valence-electron chi connectivity index (χ3n) is 7.30. The minimum absolute atomic E-state index is 0.0884. The average Bonchev–Trinajstić information content (AvgIpc) is 3.24. The number of nitrogens with one attached hydrogen (secondary N) is 2. The molecule has 42 heavy (non-hydrogen) atoms. The van der Waals surface area contributed by atoms with E-state index in [0.29, 0.717) is 55.3 Å². The van der Waals surface area contributed by atoms with Gasteiger partial charge < -0.3 is 30.3 Å².